The first-order valence-corrected chi connectivity index (χ1v) is 7.89. The van der Waals surface area contributed by atoms with E-state index >= 15 is 0 Å². The monoisotopic (exact) mass is 305 g/mol. The fourth-order valence-electron chi connectivity index (χ4n) is 1.81. The molecule has 1 aromatic carbocycles. The van der Waals surface area contributed by atoms with Gasteiger partial charge in [-0.3, -0.25) is 10.00 Å². The van der Waals surface area contributed by atoms with E-state index in [2.05, 4.69) is 27.5 Å². The minimum Gasteiger partial charge on any atom is -0.323 e. The number of hydrogen-bond donors (Lipinski definition) is 1. The van der Waals surface area contributed by atoms with Gasteiger partial charge in [0.25, 0.3) is 0 Å². The number of benzene rings is 1. The first-order valence-electron chi connectivity index (χ1n) is 6.67. The van der Waals surface area contributed by atoms with Crippen LogP contribution in [0.2, 0.25) is 0 Å². The number of urea groups is 1. The molecule has 0 spiro atoms. The summed E-state index contributed by atoms with van der Waals surface area (Å²) in [6, 6.07) is 7.91. The molecule has 0 aliphatic heterocycles. The lowest BCUT2D eigenvalue weighted by Crippen LogP contribution is -2.31. The number of amides is 2. The summed E-state index contributed by atoms with van der Waals surface area (Å²) in [6.45, 7) is 3.22. The Morgan fingerprint density at radius 2 is 2.29 bits per heavy atom. The zero-order chi connectivity index (χ0) is 15.2. The van der Waals surface area contributed by atoms with Crippen molar-refractivity contribution in [2.24, 2.45) is 0 Å². The molecule has 0 atom stereocenters. The molecule has 0 unspecified atom stereocenters. The highest BCUT2D eigenvalue weighted by molar-refractivity contribution is 7.98. The van der Waals surface area contributed by atoms with Gasteiger partial charge in [-0.25, -0.2) is 9.78 Å². The van der Waals surface area contributed by atoms with E-state index in [4.69, 9.17) is 0 Å². The van der Waals surface area contributed by atoms with Crippen molar-refractivity contribution in [2.45, 2.75) is 24.9 Å². The largest absolute Gasteiger partial charge is 0.324 e. The summed E-state index contributed by atoms with van der Waals surface area (Å²) < 4.78 is 1.66. The smallest absolute Gasteiger partial charge is 0.323 e. The Balaban J connectivity index is 1.95. The van der Waals surface area contributed by atoms with Crippen LogP contribution >= 0.6 is 11.8 Å². The molecule has 0 aliphatic carbocycles. The van der Waals surface area contributed by atoms with Crippen LogP contribution in [0, 0.1) is 0 Å². The van der Waals surface area contributed by atoms with E-state index in [0.29, 0.717) is 12.5 Å². The molecule has 0 radical (unpaired) electrons. The molecule has 0 saturated heterocycles. The molecule has 0 saturated carbocycles. The Morgan fingerprint density at radius 1 is 1.48 bits per heavy atom. The molecule has 6 nitrogen and oxygen atoms in total. The molecule has 21 heavy (non-hydrogen) atoms. The third kappa shape index (κ3) is 4.22. The van der Waals surface area contributed by atoms with E-state index in [1.807, 2.05) is 25.3 Å². The molecule has 1 heterocycles. The highest BCUT2D eigenvalue weighted by Gasteiger charge is 2.11. The van der Waals surface area contributed by atoms with Crippen molar-refractivity contribution in [3.8, 4) is 0 Å². The zero-order valence-corrected chi connectivity index (χ0v) is 13.2. The summed E-state index contributed by atoms with van der Waals surface area (Å²) in [6.07, 6.45) is 3.63. The van der Waals surface area contributed by atoms with Gasteiger partial charge in [-0.1, -0.05) is 12.1 Å². The van der Waals surface area contributed by atoms with E-state index in [1.165, 1.54) is 4.90 Å². The number of aryl methyl sites for hydroxylation is 1. The van der Waals surface area contributed by atoms with Crippen molar-refractivity contribution in [3.63, 3.8) is 0 Å². The number of carbonyl (C=O) groups is 1. The lowest BCUT2D eigenvalue weighted by molar-refractivity contribution is 0.220. The van der Waals surface area contributed by atoms with Crippen molar-refractivity contribution >= 4 is 23.7 Å². The van der Waals surface area contributed by atoms with Gasteiger partial charge in [0.2, 0.25) is 5.95 Å². The van der Waals surface area contributed by atoms with E-state index in [1.54, 1.807) is 34.7 Å². The number of hydrogen-bond acceptors (Lipinski definition) is 4. The van der Waals surface area contributed by atoms with Crippen LogP contribution in [0.1, 0.15) is 12.5 Å². The minimum absolute atomic E-state index is 0.224. The van der Waals surface area contributed by atoms with Crippen LogP contribution in [0.3, 0.4) is 0 Å². The third-order valence-corrected chi connectivity index (χ3v) is 3.71. The lowest BCUT2D eigenvalue weighted by Gasteiger charge is -2.17. The second kappa shape index (κ2) is 7.12. The van der Waals surface area contributed by atoms with E-state index in [-0.39, 0.29) is 6.03 Å². The number of nitrogens with one attached hydrogen (secondary N) is 1. The van der Waals surface area contributed by atoms with E-state index in [0.717, 1.165) is 12.1 Å². The molecular weight excluding hydrogens is 286 g/mol. The molecule has 2 aromatic rings. The van der Waals surface area contributed by atoms with E-state index in [9.17, 15) is 4.79 Å². The summed E-state index contributed by atoms with van der Waals surface area (Å²) in [5.74, 6) is 0.326. The Morgan fingerprint density at radius 3 is 2.95 bits per heavy atom. The molecular formula is C14H19N5OS. The van der Waals surface area contributed by atoms with Gasteiger partial charge in [-0.2, -0.15) is 0 Å². The number of nitrogens with zero attached hydrogens (tertiary/aromatic N) is 4. The fourth-order valence-corrected chi connectivity index (χ4v) is 2.30. The van der Waals surface area contributed by atoms with Crippen LogP contribution in [0.25, 0.3) is 0 Å². The maximum absolute atomic E-state index is 12.1. The summed E-state index contributed by atoms with van der Waals surface area (Å²) in [5.41, 5.74) is 1.09. The van der Waals surface area contributed by atoms with Gasteiger partial charge in [0.05, 0.1) is 0 Å². The molecule has 7 heteroatoms. The Labute approximate surface area is 128 Å². The van der Waals surface area contributed by atoms with Gasteiger partial charge in [0, 0.05) is 25.0 Å². The molecule has 112 valence electrons. The maximum atomic E-state index is 12.1. The van der Waals surface area contributed by atoms with Crippen LogP contribution in [-0.2, 0) is 13.1 Å². The summed E-state index contributed by atoms with van der Waals surface area (Å²) >= 11 is 1.68. The normalized spacial score (nSPS) is 10.4. The highest BCUT2D eigenvalue weighted by atomic mass is 32.2. The van der Waals surface area contributed by atoms with Gasteiger partial charge >= 0.3 is 6.03 Å². The van der Waals surface area contributed by atoms with Crippen LogP contribution in [0.4, 0.5) is 10.7 Å². The first kappa shape index (κ1) is 15.4. The van der Waals surface area contributed by atoms with Crippen LogP contribution in [0.15, 0.2) is 35.5 Å². The molecule has 1 N–H and O–H groups in total. The molecule has 0 fully saturated rings. The summed E-state index contributed by atoms with van der Waals surface area (Å²) in [7, 11) is 1.75. The number of rotatable bonds is 5. The second-order valence-corrected chi connectivity index (χ2v) is 5.44. The highest BCUT2D eigenvalue weighted by Crippen LogP contribution is 2.16. The average Bonchev–Trinajstić information content (AvgIpc) is 2.95. The first-order chi connectivity index (χ1) is 10.1. The standard InChI is InChI=1S/C14H19N5OS/c1-4-19-10-15-13(17-19)16-14(20)18(2)9-11-6-5-7-12(8-11)21-3/h5-8,10H,4,9H2,1-3H3,(H,16,17,20). The summed E-state index contributed by atoms with van der Waals surface area (Å²) in [5, 5.41) is 6.81. The maximum Gasteiger partial charge on any atom is 0.324 e. The second-order valence-electron chi connectivity index (χ2n) is 4.56. The van der Waals surface area contributed by atoms with E-state index < -0.39 is 0 Å². The van der Waals surface area contributed by atoms with Gasteiger partial charge in [0.1, 0.15) is 6.33 Å². The number of carbonyl (C=O) groups excluding carboxylic acids is 1. The molecule has 2 amide bonds. The van der Waals surface area contributed by atoms with Crippen LogP contribution in [-0.4, -0.2) is 39.0 Å². The number of aromatic nitrogens is 3. The fraction of sp³-hybridized carbons (Fsp3) is 0.357. The molecule has 0 bridgehead atoms. The average molecular weight is 305 g/mol. The Bertz CT molecular complexity index is 613. The van der Waals surface area contributed by atoms with Crippen LogP contribution < -0.4 is 5.32 Å². The third-order valence-electron chi connectivity index (χ3n) is 2.98. The van der Waals surface area contributed by atoms with Crippen molar-refractivity contribution in [2.75, 3.05) is 18.6 Å². The van der Waals surface area contributed by atoms with Crippen molar-refractivity contribution < 1.29 is 4.79 Å². The molecule has 2 rings (SSSR count). The molecule has 0 aliphatic rings. The Kier molecular flexibility index (Phi) is 5.21. The lowest BCUT2D eigenvalue weighted by atomic mass is 10.2. The van der Waals surface area contributed by atoms with Crippen molar-refractivity contribution in [1.29, 1.82) is 0 Å². The van der Waals surface area contributed by atoms with Gasteiger partial charge in [-0.15, -0.1) is 16.9 Å². The Hall–Kier alpha value is -2.02. The number of thioether (sulfide) groups is 1. The minimum atomic E-state index is -0.224. The van der Waals surface area contributed by atoms with Crippen molar-refractivity contribution in [1.82, 2.24) is 19.7 Å². The van der Waals surface area contributed by atoms with Gasteiger partial charge in [-0.05, 0) is 30.9 Å². The summed E-state index contributed by atoms with van der Waals surface area (Å²) in [4.78, 5) is 18.9. The SMILES string of the molecule is CCn1cnc(NC(=O)N(C)Cc2cccc(SC)c2)n1. The topological polar surface area (TPSA) is 63.1 Å². The van der Waals surface area contributed by atoms with Crippen molar-refractivity contribution in [3.05, 3.63) is 36.2 Å². The number of anilines is 1. The van der Waals surface area contributed by atoms with Gasteiger partial charge < -0.3 is 4.90 Å². The predicted octanol–water partition coefficient (Wildman–Crippen LogP) is 2.68. The van der Waals surface area contributed by atoms with Gasteiger partial charge in [0.15, 0.2) is 0 Å². The zero-order valence-electron chi connectivity index (χ0n) is 12.4. The van der Waals surface area contributed by atoms with Crippen LogP contribution in [0.5, 0.6) is 0 Å². The molecule has 1 aromatic heterocycles. The predicted molar refractivity (Wildman–Crippen MR) is 84.4 cm³/mol. The quantitative estimate of drug-likeness (QED) is 0.863.